The lowest BCUT2D eigenvalue weighted by Gasteiger charge is -2.41. The monoisotopic (exact) mass is 545 g/mol. The van der Waals surface area contributed by atoms with Crippen molar-refractivity contribution in [3.05, 3.63) is 22.5 Å². The molecule has 5 aliphatic rings. The van der Waals surface area contributed by atoms with Crippen molar-refractivity contribution >= 4 is 41.4 Å². The number of carbonyl (C=O) groups excluding carboxylic acids is 7. The average molecular weight is 546 g/mol. The van der Waals surface area contributed by atoms with E-state index in [1.54, 1.807) is 9.80 Å². The average Bonchev–Trinajstić information content (AvgIpc) is 3.24. The number of ether oxygens (including phenoxy) is 2. The first-order valence-electron chi connectivity index (χ1n) is 12.4. The Morgan fingerprint density at radius 1 is 1.05 bits per heavy atom. The molecule has 15 nitrogen and oxygen atoms in total. The topological polar surface area (TPSA) is 209 Å². The molecule has 4 atom stereocenters. The van der Waals surface area contributed by atoms with Gasteiger partial charge in [-0.25, -0.2) is 9.59 Å². The fourth-order valence-corrected chi connectivity index (χ4v) is 6.14. The number of methoxy groups -OCH3 is 1. The van der Waals surface area contributed by atoms with Gasteiger partial charge >= 0.3 is 12.1 Å². The maximum atomic E-state index is 13.2. The number of carbonyl (C=O) groups is 7. The standard InChI is InChI=1S/C24H27N5O10/c1-10-18(25)21(35)17-11(9-38-23(26)36)24(37-2)22-12(8-27(24)19(17)20(10)34)28(22)13(30)4-3-5-16(33)39-29-14(31)6-7-15(29)32/h11-12,22H,3-9,25H2,1-2H3,(H2,26,36)/t11-,12-,22-,24+,28?/m0/s1. The summed E-state index contributed by atoms with van der Waals surface area (Å²) in [6.45, 7) is 1.26. The van der Waals surface area contributed by atoms with Gasteiger partial charge in [-0.3, -0.25) is 24.0 Å². The number of piperazine rings is 1. The van der Waals surface area contributed by atoms with Crippen molar-refractivity contribution in [2.75, 3.05) is 20.3 Å². The van der Waals surface area contributed by atoms with Crippen LogP contribution in [0.4, 0.5) is 4.79 Å². The summed E-state index contributed by atoms with van der Waals surface area (Å²) >= 11 is 0. The van der Waals surface area contributed by atoms with E-state index >= 15 is 0 Å². The van der Waals surface area contributed by atoms with Crippen LogP contribution in [0.2, 0.25) is 0 Å². The first kappa shape index (κ1) is 26.3. The van der Waals surface area contributed by atoms with Gasteiger partial charge in [0.15, 0.2) is 5.72 Å². The minimum Gasteiger partial charge on any atom is -0.449 e. The maximum absolute atomic E-state index is 13.2. The summed E-state index contributed by atoms with van der Waals surface area (Å²) in [4.78, 5) is 94.3. The molecule has 0 aromatic carbocycles. The number of rotatable bonds is 8. The van der Waals surface area contributed by atoms with E-state index in [0.717, 1.165) is 0 Å². The largest absolute Gasteiger partial charge is 0.449 e. The molecule has 0 aromatic rings. The van der Waals surface area contributed by atoms with Crippen LogP contribution < -0.4 is 11.5 Å². The van der Waals surface area contributed by atoms with E-state index < -0.39 is 53.1 Å². The summed E-state index contributed by atoms with van der Waals surface area (Å²) in [7, 11) is 1.38. The molecular weight excluding hydrogens is 518 g/mol. The van der Waals surface area contributed by atoms with Crippen molar-refractivity contribution in [3.8, 4) is 0 Å². The number of hydroxylamine groups is 2. The normalized spacial score (nSPS) is 29.2. The van der Waals surface area contributed by atoms with E-state index in [9.17, 15) is 33.6 Å². The smallest absolute Gasteiger partial charge is 0.404 e. The fourth-order valence-electron chi connectivity index (χ4n) is 6.14. The molecule has 15 heteroatoms. The molecule has 208 valence electrons. The molecule has 3 saturated heterocycles. The van der Waals surface area contributed by atoms with Gasteiger partial charge in [0.05, 0.1) is 23.4 Å². The Morgan fingerprint density at radius 3 is 2.33 bits per heavy atom. The molecule has 3 fully saturated rings. The number of ketones is 2. The van der Waals surface area contributed by atoms with Crippen LogP contribution in [0.3, 0.4) is 0 Å². The van der Waals surface area contributed by atoms with Crippen molar-refractivity contribution in [1.29, 1.82) is 0 Å². The zero-order valence-electron chi connectivity index (χ0n) is 21.3. The zero-order valence-corrected chi connectivity index (χ0v) is 21.3. The lowest BCUT2D eigenvalue weighted by molar-refractivity contribution is -0.197. The fraction of sp³-hybridized carbons (Fsp3) is 0.542. The third-order valence-corrected chi connectivity index (χ3v) is 7.95. The molecule has 39 heavy (non-hydrogen) atoms. The number of imide groups is 1. The molecule has 4 heterocycles. The van der Waals surface area contributed by atoms with E-state index in [1.807, 2.05) is 0 Å². The van der Waals surface area contributed by atoms with Gasteiger partial charge in [-0.15, -0.1) is 5.06 Å². The number of nitrogens with two attached hydrogens (primary N) is 2. The highest BCUT2D eigenvalue weighted by molar-refractivity contribution is 6.25. The summed E-state index contributed by atoms with van der Waals surface area (Å²) in [6.07, 6.45) is -1.30. The summed E-state index contributed by atoms with van der Waals surface area (Å²) in [5, 5.41) is 0.449. The van der Waals surface area contributed by atoms with Crippen LogP contribution >= 0.6 is 0 Å². The highest BCUT2D eigenvalue weighted by atomic mass is 16.7. The molecule has 5 rings (SSSR count). The Kier molecular flexibility index (Phi) is 6.20. The highest BCUT2D eigenvalue weighted by Gasteiger charge is 2.77. The predicted molar refractivity (Wildman–Crippen MR) is 125 cm³/mol. The number of amides is 4. The SMILES string of the molecule is CO[C@]12[C@@H]3[C@H](CN1C1=C(C(=O)C(N)=C(C)C1=O)[C@@H]2COC(N)=O)N3C(=O)CCCC(=O)ON1C(=O)CCC1=O. The molecule has 0 bridgehead atoms. The minimum atomic E-state index is -1.38. The second kappa shape index (κ2) is 9.18. The van der Waals surface area contributed by atoms with Crippen LogP contribution in [0.1, 0.15) is 39.0 Å². The van der Waals surface area contributed by atoms with Crippen LogP contribution in [0.5, 0.6) is 0 Å². The highest BCUT2D eigenvalue weighted by Crippen LogP contribution is 2.59. The lowest BCUT2D eigenvalue weighted by atomic mass is 9.82. The van der Waals surface area contributed by atoms with Crippen LogP contribution in [0, 0.1) is 5.92 Å². The predicted octanol–water partition coefficient (Wildman–Crippen LogP) is -1.63. The maximum Gasteiger partial charge on any atom is 0.404 e. The first-order chi connectivity index (χ1) is 18.4. The Bertz CT molecular complexity index is 1290. The Balaban J connectivity index is 1.30. The van der Waals surface area contributed by atoms with E-state index in [0.29, 0.717) is 5.06 Å². The Hall–Kier alpha value is -4.27. The third-order valence-electron chi connectivity index (χ3n) is 7.95. The summed E-state index contributed by atoms with van der Waals surface area (Å²) in [5.74, 6) is -4.29. The summed E-state index contributed by atoms with van der Waals surface area (Å²) in [6, 6.07) is -0.947. The van der Waals surface area contributed by atoms with Crippen LogP contribution in [0.15, 0.2) is 22.5 Å². The third kappa shape index (κ3) is 3.78. The molecule has 0 saturated carbocycles. The van der Waals surface area contributed by atoms with Crippen LogP contribution in [-0.2, 0) is 43.1 Å². The minimum absolute atomic E-state index is 0.0240. The van der Waals surface area contributed by atoms with E-state index in [4.69, 9.17) is 25.8 Å². The van der Waals surface area contributed by atoms with Gasteiger partial charge in [0.2, 0.25) is 17.5 Å². The molecule has 4 N–H and O–H groups in total. The molecule has 1 aliphatic carbocycles. The van der Waals surface area contributed by atoms with E-state index in [1.165, 1.54) is 14.0 Å². The number of hydrogen-bond donors (Lipinski definition) is 2. The molecule has 4 amide bonds. The van der Waals surface area contributed by atoms with E-state index in [2.05, 4.69) is 0 Å². The first-order valence-corrected chi connectivity index (χ1v) is 12.4. The molecule has 4 aliphatic heterocycles. The number of allylic oxidation sites excluding steroid dienone is 2. The van der Waals surface area contributed by atoms with Gasteiger partial charge in [-0.05, 0) is 13.3 Å². The van der Waals surface area contributed by atoms with E-state index in [-0.39, 0.29) is 79.7 Å². The van der Waals surface area contributed by atoms with Gasteiger partial charge in [-0.2, -0.15) is 0 Å². The Labute approximate surface area is 221 Å². The van der Waals surface area contributed by atoms with Gasteiger partial charge in [0.1, 0.15) is 12.6 Å². The lowest BCUT2D eigenvalue weighted by Crippen LogP contribution is -2.56. The number of nitrogens with zero attached hydrogens (tertiary/aromatic N) is 3. The Morgan fingerprint density at radius 2 is 1.72 bits per heavy atom. The number of hydrogen-bond acceptors (Lipinski definition) is 12. The van der Waals surface area contributed by atoms with Crippen molar-refractivity contribution in [2.45, 2.75) is 56.8 Å². The molecule has 0 aromatic heterocycles. The van der Waals surface area contributed by atoms with Gasteiger partial charge in [0, 0.05) is 50.5 Å². The second-order valence-corrected chi connectivity index (χ2v) is 9.92. The summed E-state index contributed by atoms with van der Waals surface area (Å²) in [5.41, 5.74) is 9.77. The zero-order chi connectivity index (χ0) is 28.4. The van der Waals surface area contributed by atoms with Crippen LogP contribution in [0.25, 0.3) is 0 Å². The van der Waals surface area contributed by atoms with Gasteiger partial charge in [0.25, 0.3) is 11.8 Å². The summed E-state index contributed by atoms with van der Waals surface area (Å²) < 4.78 is 11.0. The molecule has 0 radical (unpaired) electrons. The number of primary amides is 1. The van der Waals surface area contributed by atoms with Crippen molar-refractivity contribution in [3.63, 3.8) is 0 Å². The molecular formula is C24H27N5O10. The molecule has 0 unspecified atom stereocenters. The number of fused-ring (bicyclic) bond motifs is 4. The van der Waals surface area contributed by atoms with Gasteiger partial charge < -0.3 is 35.6 Å². The van der Waals surface area contributed by atoms with Gasteiger partial charge in [-0.1, -0.05) is 0 Å². The van der Waals surface area contributed by atoms with Crippen molar-refractivity contribution in [1.82, 2.24) is 14.9 Å². The van der Waals surface area contributed by atoms with Crippen LogP contribution in [-0.4, -0.2) is 94.3 Å². The quantitative estimate of drug-likeness (QED) is 0.200. The number of Topliss-reactive ketones (excluding diaryl/α,β-unsaturated/α-hetero) is 2. The second-order valence-electron chi connectivity index (χ2n) is 9.92. The molecule has 0 spiro atoms. The van der Waals surface area contributed by atoms with Crippen molar-refractivity contribution in [2.24, 2.45) is 17.4 Å². The van der Waals surface area contributed by atoms with Crippen molar-refractivity contribution < 1.29 is 47.9 Å².